The summed E-state index contributed by atoms with van der Waals surface area (Å²) in [6.07, 6.45) is -15.5. The van der Waals surface area contributed by atoms with Gasteiger partial charge in [0.05, 0.1) is 12.2 Å². The van der Waals surface area contributed by atoms with Crippen LogP contribution in [-0.2, 0) is 14.3 Å². The number of alkyl halides is 8. The van der Waals surface area contributed by atoms with Crippen LogP contribution in [0.3, 0.4) is 0 Å². The van der Waals surface area contributed by atoms with Gasteiger partial charge in [0.15, 0.2) is 6.10 Å². The van der Waals surface area contributed by atoms with Gasteiger partial charge >= 0.3 is 23.6 Å². The van der Waals surface area contributed by atoms with Gasteiger partial charge in [0.25, 0.3) is 5.60 Å². The van der Waals surface area contributed by atoms with E-state index in [0.717, 1.165) is 13.8 Å². The molecule has 26 heavy (non-hydrogen) atoms. The third-order valence-corrected chi connectivity index (χ3v) is 3.09. The van der Waals surface area contributed by atoms with E-state index in [1.54, 1.807) is 0 Å². The maximum absolute atomic E-state index is 12.9. The lowest BCUT2D eigenvalue weighted by Crippen LogP contribution is -2.66. The standard InChI is InChI=1S/C13H16F8O4S/c1-6(2)8(11(23,12(16,17)18)13(19,20)21)25-9(22)7(3)4-24-5-10(14,15)26/h6,8,23,26H,3-5H2,1-2H3. The highest BCUT2D eigenvalue weighted by Gasteiger charge is 2.75. The zero-order chi connectivity index (χ0) is 21.1. The highest BCUT2D eigenvalue weighted by molar-refractivity contribution is 7.81. The van der Waals surface area contributed by atoms with E-state index in [2.05, 4.69) is 28.7 Å². The van der Waals surface area contributed by atoms with Crippen LogP contribution in [-0.4, -0.2) is 53.6 Å². The number of esters is 1. The normalized spacial score (nSPS) is 15.1. The van der Waals surface area contributed by atoms with Gasteiger partial charge in [0, 0.05) is 0 Å². The molecule has 13 heteroatoms. The quantitative estimate of drug-likeness (QED) is 0.273. The molecule has 4 nitrogen and oxygen atoms in total. The molecule has 1 N–H and O–H groups in total. The summed E-state index contributed by atoms with van der Waals surface area (Å²) in [7, 11) is 0. The lowest BCUT2D eigenvalue weighted by molar-refractivity contribution is -0.394. The molecule has 1 atom stereocenters. The molecule has 0 aromatic carbocycles. The first-order chi connectivity index (χ1) is 11.3. The largest absolute Gasteiger partial charge is 0.455 e. The minimum atomic E-state index is -6.22. The summed E-state index contributed by atoms with van der Waals surface area (Å²) in [4.78, 5) is 11.7. The van der Waals surface area contributed by atoms with Crippen molar-refractivity contribution in [2.24, 2.45) is 5.92 Å². The van der Waals surface area contributed by atoms with Crippen LogP contribution in [0.25, 0.3) is 0 Å². The average molecular weight is 420 g/mol. The van der Waals surface area contributed by atoms with Crippen LogP contribution >= 0.6 is 12.6 Å². The van der Waals surface area contributed by atoms with E-state index in [4.69, 9.17) is 0 Å². The zero-order valence-electron chi connectivity index (χ0n) is 13.4. The number of halogens is 8. The summed E-state index contributed by atoms with van der Waals surface area (Å²) in [6.45, 7) is 2.41. The van der Waals surface area contributed by atoms with Crippen molar-refractivity contribution in [3.8, 4) is 0 Å². The highest BCUT2D eigenvalue weighted by Crippen LogP contribution is 2.48. The van der Waals surface area contributed by atoms with Crippen molar-refractivity contribution in [2.45, 2.75) is 43.2 Å². The predicted molar refractivity (Wildman–Crippen MR) is 75.7 cm³/mol. The summed E-state index contributed by atoms with van der Waals surface area (Å²) in [5.74, 6) is -3.40. The van der Waals surface area contributed by atoms with Crippen LogP contribution in [0.2, 0.25) is 0 Å². The highest BCUT2D eigenvalue weighted by atomic mass is 32.1. The Balaban J connectivity index is 5.40. The second-order valence-electron chi connectivity index (χ2n) is 5.59. The molecular formula is C13H16F8O4S. The van der Waals surface area contributed by atoms with Crippen LogP contribution in [0.4, 0.5) is 35.1 Å². The van der Waals surface area contributed by atoms with Crippen LogP contribution in [0.1, 0.15) is 13.8 Å². The minimum Gasteiger partial charge on any atom is -0.455 e. The first-order valence-corrected chi connectivity index (χ1v) is 7.21. The molecule has 0 bridgehead atoms. The third-order valence-electron chi connectivity index (χ3n) is 2.96. The van der Waals surface area contributed by atoms with Gasteiger partial charge in [-0.25, -0.2) is 4.79 Å². The van der Waals surface area contributed by atoms with Crippen molar-refractivity contribution in [1.29, 1.82) is 0 Å². The lowest BCUT2D eigenvalue weighted by atomic mass is 9.87. The average Bonchev–Trinajstić information content (AvgIpc) is 2.39. The molecular weight excluding hydrogens is 404 g/mol. The maximum Gasteiger partial charge on any atom is 0.430 e. The maximum atomic E-state index is 12.9. The topological polar surface area (TPSA) is 55.8 Å². The molecule has 0 heterocycles. The fourth-order valence-electron chi connectivity index (χ4n) is 1.74. The first-order valence-electron chi connectivity index (χ1n) is 6.77. The van der Waals surface area contributed by atoms with Crippen molar-refractivity contribution in [3.05, 3.63) is 12.2 Å². The predicted octanol–water partition coefficient (Wildman–Crippen LogP) is 3.51. The molecule has 1 unspecified atom stereocenters. The van der Waals surface area contributed by atoms with Gasteiger partial charge in [-0.15, -0.1) is 12.6 Å². The number of thiol groups is 1. The fraction of sp³-hybridized carbons (Fsp3) is 0.769. The van der Waals surface area contributed by atoms with E-state index in [0.29, 0.717) is 0 Å². The van der Waals surface area contributed by atoms with Gasteiger partial charge < -0.3 is 14.6 Å². The van der Waals surface area contributed by atoms with Gasteiger partial charge in [0.1, 0.15) is 6.61 Å². The Hall–Kier alpha value is -1.08. The molecule has 0 aliphatic heterocycles. The van der Waals surface area contributed by atoms with Crippen LogP contribution in [0, 0.1) is 5.92 Å². The summed E-state index contributed by atoms with van der Waals surface area (Å²) in [5, 5.41) is 5.74. The van der Waals surface area contributed by atoms with E-state index in [9.17, 15) is 45.0 Å². The van der Waals surface area contributed by atoms with Crippen LogP contribution in [0.5, 0.6) is 0 Å². The van der Waals surface area contributed by atoms with Crippen molar-refractivity contribution in [1.82, 2.24) is 0 Å². The van der Waals surface area contributed by atoms with Crippen LogP contribution in [0.15, 0.2) is 12.2 Å². The Labute approximate surface area is 148 Å². The Morgan fingerprint density at radius 3 is 1.81 bits per heavy atom. The smallest absolute Gasteiger partial charge is 0.430 e. The molecule has 0 aromatic heterocycles. The van der Waals surface area contributed by atoms with E-state index in [-0.39, 0.29) is 0 Å². The Morgan fingerprint density at radius 1 is 1.08 bits per heavy atom. The van der Waals surface area contributed by atoms with Crippen LogP contribution < -0.4 is 0 Å². The summed E-state index contributed by atoms with van der Waals surface area (Å²) >= 11 is 2.81. The number of carbonyl (C=O) groups excluding carboxylic acids is 1. The Kier molecular flexibility index (Phi) is 7.95. The summed E-state index contributed by atoms with van der Waals surface area (Å²) in [5.41, 5.74) is -6.18. The third kappa shape index (κ3) is 6.27. The molecule has 0 amide bonds. The van der Waals surface area contributed by atoms with Gasteiger partial charge in [-0.2, -0.15) is 35.1 Å². The van der Waals surface area contributed by atoms with Crippen molar-refractivity contribution >= 4 is 18.6 Å². The Bertz CT molecular complexity index is 496. The molecule has 0 rings (SSSR count). The lowest BCUT2D eigenvalue weighted by Gasteiger charge is -2.39. The van der Waals surface area contributed by atoms with Crippen molar-refractivity contribution in [2.75, 3.05) is 13.2 Å². The van der Waals surface area contributed by atoms with E-state index in [1.807, 2.05) is 0 Å². The minimum absolute atomic E-state index is 0.833. The second-order valence-corrected chi connectivity index (χ2v) is 6.25. The Morgan fingerprint density at radius 2 is 1.50 bits per heavy atom. The van der Waals surface area contributed by atoms with Crippen molar-refractivity contribution < 1.29 is 54.5 Å². The number of hydrogen-bond donors (Lipinski definition) is 2. The first kappa shape index (κ1) is 24.9. The monoisotopic (exact) mass is 420 g/mol. The molecule has 0 fully saturated rings. The molecule has 0 spiro atoms. The molecule has 0 radical (unpaired) electrons. The number of rotatable bonds is 8. The van der Waals surface area contributed by atoms with Gasteiger partial charge in [-0.3, -0.25) is 0 Å². The zero-order valence-corrected chi connectivity index (χ0v) is 14.3. The molecule has 0 aliphatic rings. The van der Waals surface area contributed by atoms with E-state index < -0.39 is 60.0 Å². The van der Waals surface area contributed by atoms with Gasteiger partial charge in [-0.1, -0.05) is 20.4 Å². The summed E-state index contributed by atoms with van der Waals surface area (Å²) < 4.78 is 111. The number of ether oxygens (including phenoxy) is 2. The van der Waals surface area contributed by atoms with E-state index >= 15 is 0 Å². The number of hydrogen-bond acceptors (Lipinski definition) is 5. The number of aliphatic hydroxyl groups is 1. The molecule has 0 saturated carbocycles. The molecule has 154 valence electrons. The SMILES string of the molecule is C=C(COCC(F)(F)S)C(=O)OC(C(C)C)C(O)(C(F)(F)F)C(F)(F)F. The summed E-state index contributed by atoms with van der Waals surface area (Å²) in [6, 6.07) is 0. The molecule has 0 aliphatic carbocycles. The van der Waals surface area contributed by atoms with Gasteiger partial charge in [-0.05, 0) is 5.92 Å². The molecule has 0 saturated heterocycles. The van der Waals surface area contributed by atoms with Crippen molar-refractivity contribution in [3.63, 3.8) is 0 Å². The fourth-order valence-corrected chi connectivity index (χ4v) is 1.83. The van der Waals surface area contributed by atoms with Gasteiger partial charge in [0.2, 0.25) is 0 Å². The number of carbonyl (C=O) groups is 1. The molecule has 0 aromatic rings. The second kappa shape index (κ2) is 8.30. The van der Waals surface area contributed by atoms with E-state index in [1.165, 1.54) is 0 Å².